The molecule has 0 aromatic rings. The quantitative estimate of drug-likeness (QED) is 0.780. The number of rotatable bonds is 2. The lowest BCUT2D eigenvalue weighted by atomic mass is 9.94. The van der Waals surface area contributed by atoms with Gasteiger partial charge < -0.3 is 9.80 Å². The summed E-state index contributed by atoms with van der Waals surface area (Å²) in [5.74, 6) is 0.731. The first-order valence-corrected chi connectivity index (χ1v) is 8.29. The number of nitrogens with zero attached hydrogens (tertiary/aromatic N) is 2. The van der Waals surface area contributed by atoms with Gasteiger partial charge >= 0.3 is 0 Å². The molecule has 0 N–H and O–H groups in total. The van der Waals surface area contributed by atoms with Crippen LogP contribution in [0.15, 0.2) is 0 Å². The maximum absolute atomic E-state index is 11.4. The Bertz CT molecular complexity index is 337. The maximum Gasteiger partial charge on any atom is 0.222 e. The minimum absolute atomic E-state index is 0.326. The lowest BCUT2D eigenvalue weighted by Gasteiger charge is -2.30. The molecule has 4 heteroatoms. The molecule has 2 amide bonds. The van der Waals surface area contributed by atoms with Gasteiger partial charge in [-0.05, 0) is 32.6 Å². The third-order valence-electron chi connectivity index (χ3n) is 4.68. The first-order valence-electron chi connectivity index (χ1n) is 8.29. The van der Waals surface area contributed by atoms with Crippen molar-refractivity contribution in [3.8, 4) is 0 Å². The molecule has 2 heterocycles. The summed E-state index contributed by atoms with van der Waals surface area (Å²) >= 11 is 0. The normalized spacial score (nSPS) is 24.1. The molecule has 3 fully saturated rings. The predicted octanol–water partition coefficient (Wildman–Crippen LogP) is 2.57. The van der Waals surface area contributed by atoms with Crippen LogP contribution in [-0.2, 0) is 9.59 Å². The standard InChI is InChI=1S/C10H17NO.C6H11NO/c12-10-7-4-8-11(10)9-5-2-1-3-6-9;1-2-7-5-3-4-6(7)8/h9H,1-8H2;2-5H2,1H3. The van der Waals surface area contributed by atoms with E-state index in [9.17, 15) is 9.59 Å². The fourth-order valence-electron chi connectivity index (χ4n) is 3.49. The lowest BCUT2D eigenvalue weighted by molar-refractivity contribution is -0.130. The zero-order valence-corrected chi connectivity index (χ0v) is 12.8. The maximum atomic E-state index is 11.4. The van der Waals surface area contributed by atoms with E-state index in [-0.39, 0.29) is 0 Å². The molecular weight excluding hydrogens is 252 g/mol. The fourth-order valence-corrected chi connectivity index (χ4v) is 3.49. The highest BCUT2D eigenvalue weighted by molar-refractivity contribution is 5.78. The van der Waals surface area contributed by atoms with Gasteiger partial charge in [0.2, 0.25) is 11.8 Å². The van der Waals surface area contributed by atoms with Crippen LogP contribution in [-0.4, -0.2) is 47.3 Å². The topological polar surface area (TPSA) is 40.6 Å². The Hall–Kier alpha value is -1.06. The van der Waals surface area contributed by atoms with Gasteiger partial charge in [0, 0.05) is 38.5 Å². The summed E-state index contributed by atoms with van der Waals surface area (Å²) in [5, 5.41) is 0. The first-order chi connectivity index (χ1) is 9.72. The van der Waals surface area contributed by atoms with Gasteiger partial charge in [0.15, 0.2) is 0 Å². The summed E-state index contributed by atoms with van der Waals surface area (Å²) < 4.78 is 0. The Labute approximate surface area is 122 Å². The Kier molecular flexibility index (Phi) is 5.86. The van der Waals surface area contributed by atoms with E-state index < -0.39 is 0 Å². The zero-order valence-electron chi connectivity index (χ0n) is 12.8. The molecule has 1 saturated carbocycles. The highest BCUT2D eigenvalue weighted by atomic mass is 16.2. The van der Waals surface area contributed by atoms with Crippen molar-refractivity contribution in [2.75, 3.05) is 19.6 Å². The van der Waals surface area contributed by atoms with Gasteiger partial charge in [0.1, 0.15) is 0 Å². The van der Waals surface area contributed by atoms with Gasteiger partial charge in [-0.2, -0.15) is 0 Å². The number of likely N-dealkylation sites (tertiary alicyclic amines) is 2. The second-order valence-electron chi connectivity index (χ2n) is 6.06. The van der Waals surface area contributed by atoms with Gasteiger partial charge in [0.05, 0.1) is 0 Å². The number of hydrogen-bond acceptors (Lipinski definition) is 2. The molecule has 0 bridgehead atoms. The summed E-state index contributed by atoms with van der Waals surface area (Å²) in [5.41, 5.74) is 0. The highest BCUT2D eigenvalue weighted by Gasteiger charge is 2.28. The molecule has 3 rings (SSSR count). The van der Waals surface area contributed by atoms with Crippen molar-refractivity contribution in [3.05, 3.63) is 0 Å². The minimum Gasteiger partial charge on any atom is -0.343 e. The van der Waals surface area contributed by atoms with E-state index in [0.717, 1.165) is 45.3 Å². The van der Waals surface area contributed by atoms with Crippen molar-refractivity contribution < 1.29 is 9.59 Å². The van der Waals surface area contributed by atoms with E-state index in [1.165, 1.54) is 32.1 Å². The molecule has 3 aliphatic rings. The lowest BCUT2D eigenvalue weighted by Crippen LogP contribution is -2.37. The van der Waals surface area contributed by atoms with Gasteiger partial charge in [-0.3, -0.25) is 9.59 Å². The van der Waals surface area contributed by atoms with Crippen molar-refractivity contribution >= 4 is 11.8 Å². The monoisotopic (exact) mass is 280 g/mol. The Morgan fingerprint density at radius 3 is 2.00 bits per heavy atom. The van der Waals surface area contributed by atoms with Crippen LogP contribution in [0.25, 0.3) is 0 Å². The summed E-state index contributed by atoms with van der Waals surface area (Å²) in [6.07, 6.45) is 10.3. The molecule has 0 unspecified atom stereocenters. The predicted molar refractivity (Wildman–Crippen MR) is 79.3 cm³/mol. The number of carbonyl (C=O) groups excluding carboxylic acids is 2. The summed E-state index contributed by atoms with van der Waals surface area (Å²) in [7, 11) is 0. The number of hydrogen-bond donors (Lipinski definition) is 0. The van der Waals surface area contributed by atoms with Crippen molar-refractivity contribution in [2.24, 2.45) is 0 Å². The molecule has 2 saturated heterocycles. The van der Waals surface area contributed by atoms with Crippen LogP contribution in [0, 0.1) is 0 Å². The van der Waals surface area contributed by atoms with E-state index in [1.54, 1.807) is 0 Å². The molecule has 4 nitrogen and oxygen atoms in total. The molecule has 0 spiro atoms. The van der Waals surface area contributed by atoms with Crippen LogP contribution in [0.4, 0.5) is 0 Å². The minimum atomic E-state index is 0.326. The number of amides is 2. The molecule has 0 aromatic carbocycles. The van der Waals surface area contributed by atoms with Gasteiger partial charge in [-0.1, -0.05) is 19.3 Å². The molecule has 114 valence electrons. The summed E-state index contributed by atoms with van der Waals surface area (Å²) in [6.45, 7) is 4.92. The van der Waals surface area contributed by atoms with E-state index in [0.29, 0.717) is 17.9 Å². The largest absolute Gasteiger partial charge is 0.343 e. The third-order valence-corrected chi connectivity index (χ3v) is 4.68. The van der Waals surface area contributed by atoms with Gasteiger partial charge in [-0.15, -0.1) is 0 Å². The SMILES string of the molecule is CCN1CCCC1=O.O=C1CCCN1C1CCCCC1. The van der Waals surface area contributed by atoms with Crippen LogP contribution < -0.4 is 0 Å². The molecule has 20 heavy (non-hydrogen) atoms. The van der Waals surface area contributed by atoms with Crippen LogP contribution in [0.2, 0.25) is 0 Å². The third kappa shape index (κ3) is 3.97. The fraction of sp³-hybridized carbons (Fsp3) is 0.875. The van der Waals surface area contributed by atoms with Crippen molar-refractivity contribution in [1.82, 2.24) is 9.80 Å². The van der Waals surface area contributed by atoms with Crippen LogP contribution in [0.5, 0.6) is 0 Å². The summed E-state index contributed by atoms with van der Waals surface area (Å²) in [4.78, 5) is 26.1. The van der Waals surface area contributed by atoms with Crippen molar-refractivity contribution in [3.63, 3.8) is 0 Å². The van der Waals surface area contributed by atoms with Crippen molar-refractivity contribution in [1.29, 1.82) is 0 Å². The average Bonchev–Trinajstić information content (AvgIpc) is 3.08. The Morgan fingerprint density at radius 1 is 0.900 bits per heavy atom. The van der Waals surface area contributed by atoms with E-state index in [4.69, 9.17) is 0 Å². The second-order valence-corrected chi connectivity index (χ2v) is 6.06. The van der Waals surface area contributed by atoms with Crippen LogP contribution in [0.3, 0.4) is 0 Å². The Morgan fingerprint density at radius 2 is 1.55 bits per heavy atom. The van der Waals surface area contributed by atoms with E-state index in [1.807, 2.05) is 11.8 Å². The first kappa shape index (κ1) is 15.3. The van der Waals surface area contributed by atoms with Crippen LogP contribution >= 0.6 is 0 Å². The second kappa shape index (κ2) is 7.65. The highest BCUT2D eigenvalue weighted by Crippen LogP contribution is 2.25. The molecule has 2 aliphatic heterocycles. The van der Waals surface area contributed by atoms with Crippen LogP contribution in [0.1, 0.15) is 64.7 Å². The van der Waals surface area contributed by atoms with Gasteiger partial charge in [0.25, 0.3) is 0 Å². The van der Waals surface area contributed by atoms with E-state index >= 15 is 0 Å². The number of carbonyl (C=O) groups is 2. The summed E-state index contributed by atoms with van der Waals surface area (Å²) in [6, 6.07) is 0.605. The average molecular weight is 280 g/mol. The molecule has 0 atom stereocenters. The smallest absolute Gasteiger partial charge is 0.222 e. The molecule has 0 aromatic heterocycles. The molecule has 1 aliphatic carbocycles. The molecular formula is C16H28N2O2. The molecule has 0 radical (unpaired) electrons. The zero-order chi connectivity index (χ0) is 14.4. The van der Waals surface area contributed by atoms with E-state index in [2.05, 4.69) is 4.90 Å². The van der Waals surface area contributed by atoms with Crippen molar-refractivity contribution in [2.45, 2.75) is 70.8 Å². The van der Waals surface area contributed by atoms with Gasteiger partial charge in [-0.25, -0.2) is 0 Å². The Balaban J connectivity index is 0.000000160.